The number of azide groups is 1. The van der Waals surface area contributed by atoms with Gasteiger partial charge in [-0.25, -0.2) is 4.79 Å². The number of methoxy groups -OCH3 is 1. The van der Waals surface area contributed by atoms with E-state index in [-0.39, 0.29) is 35.9 Å². The van der Waals surface area contributed by atoms with Crippen LogP contribution in [0, 0.1) is 17.2 Å². The molecule has 1 atom stereocenters. The predicted molar refractivity (Wildman–Crippen MR) is 77.0 cm³/mol. The van der Waals surface area contributed by atoms with Crippen molar-refractivity contribution in [1.82, 2.24) is 0 Å². The first-order chi connectivity index (χ1) is 10.6. The van der Waals surface area contributed by atoms with Crippen LogP contribution in [-0.4, -0.2) is 32.1 Å². The summed E-state index contributed by atoms with van der Waals surface area (Å²) >= 11 is 0. The van der Waals surface area contributed by atoms with Crippen molar-refractivity contribution in [2.75, 3.05) is 25.1 Å². The van der Waals surface area contributed by atoms with E-state index in [4.69, 9.17) is 5.53 Å². The van der Waals surface area contributed by atoms with E-state index in [2.05, 4.69) is 14.8 Å². The molecule has 0 aromatic heterocycles. The van der Waals surface area contributed by atoms with Crippen molar-refractivity contribution in [2.24, 2.45) is 11.0 Å². The molecule has 1 heterocycles. The van der Waals surface area contributed by atoms with Crippen LogP contribution in [0.5, 0.6) is 0 Å². The van der Waals surface area contributed by atoms with Crippen molar-refractivity contribution in [3.05, 3.63) is 39.8 Å². The zero-order valence-electron chi connectivity index (χ0n) is 11.9. The molecule has 0 aliphatic carbocycles. The summed E-state index contributed by atoms with van der Waals surface area (Å²) in [5.74, 6) is -0.757. The maximum Gasteiger partial charge on any atom is 0.337 e. The second-order valence-corrected chi connectivity index (χ2v) is 4.82. The number of nitriles is 1. The van der Waals surface area contributed by atoms with Crippen LogP contribution >= 0.6 is 0 Å². The molecule has 8 heteroatoms. The van der Waals surface area contributed by atoms with Crippen LogP contribution in [0.15, 0.2) is 23.3 Å². The molecule has 8 nitrogen and oxygen atoms in total. The largest absolute Gasteiger partial charge is 0.465 e. The van der Waals surface area contributed by atoms with Crippen molar-refractivity contribution in [2.45, 2.75) is 6.42 Å². The zero-order chi connectivity index (χ0) is 16.1. The fraction of sp³-hybridized carbons (Fsp3) is 0.357. The standard InChI is InChI=1S/C14H13N5O3/c1-22-14(21)10-2-3-12(11(5-10)6-15)19-8-9(4-13(19)20)7-17-18-16/h2-3,5,9H,4,7-8H2,1H3. The molecule has 1 saturated heterocycles. The summed E-state index contributed by atoms with van der Waals surface area (Å²) < 4.78 is 4.61. The first kappa shape index (κ1) is 15.4. The van der Waals surface area contributed by atoms with Crippen LogP contribution in [0.3, 0.4) is 0 Å². The smallest absolute Gasteiger partial charge is 0.337 e. The van der Waals surface area contributed by atoms with Crippen LogP contribution in [0.1, 0.15) is 22.3 Å². The molecule has 0 bridgehead atoms. The minimum absolute atomic E-state index is 0.0739. The Morgan fingerprint density at radius 2 is 2.41 bits per heavy atom. The molecule has 22 heavy (non-hydrogen) atoms. The number of anilines is 1. The van der Waals surface area contributed by atoms with Crippen molar-refractivity contribution >= 4 is 17.6 Å². The van der Waals surface area contributed by atoms with Gasteiger partial charge in [0.25, 0.3) is 0 Å². The molecular weight excluding hydrogens is 286 g/mol. The van der Waals surface area contributed by atoms with Gasteiger partial charge in [-0.1, -0.05) is 5.11 Å². The third-order valence-corrected chi connectivity index (χ3v) is 3.44. The average Bonchev–Trinajstić information content (AvgIpc) is 2.92. The lowest BCUT2D eigenvalue weighted by Crippen LogP contribution is -2.25. The minimum Gasteiger partial charge on any atom is -0.465 e. The van der Waals surface area contributed by atoms with E-state index in [1.54, 1.807) is 6.07 Å². The molecule has 1 fully saturated rings. The number of benzene rings is 1. The van der Waals surface area contributed by atoms with Crippen molar-refractivity contribution in [1.29, 1.82) is 5.26 Å². The van der Waals surface area contributed by atoms with Gasteiger partial charge in [0.1, 0.15) is 6.07 Å². The summed E-state index contributed by atoms with van der Waals surface area (Å²) in [4.78, 5) is 27.7. The summed E-state index contributed by atoms with van der Waals surface area (Å²) in [6.07, 6.45) is 0.267. The van der Waals surface area contributed by atoms with Gasteiger partial charge in [0.05, 0.1) is 23.9 Å². The number of esters is 1. The summed E-state index contributed by atoms with van der Waals surface area (Å²) in [6, 6.07) is 6.45. The Kier molecular flexibility index (Phi) is 4.61. The number of carbonyl (C=O) groups is 2. The Labute approximate surface area is 126 Å². The second-order valence-electron chi connectivity index (χ2n) is 4.82. The highest BCUT2D eigenvalue weighted by atomic mass is 16.5. The number of nitrogens with zero attached hydrogens (tertiary/aromatic N) is 5. The lowest BCUT2D eigenvalue weighted by atomic mass is 10.1. The number of carbonyl (C=O) groups excluding carboxylic acids is 2. The first-order valence-electron chi connectivity index (χ1n) is 6.54. The highest BCUT2D eigenvalue weighted by Crippen LogP contribution is 2.29. The summed E-state index contributed by atoms with van der Waals surface area (Å²) in [6.45, 7) is 0.616. The van der Waals surface area contributed by atoms with Gasteiger partial charge in [0.2, 0.25) is 5.91 Å². The van der Waals surface area contributed by atoms with Crippen LogP contribution in [0.2, 0.25) is 0 Å². The van der Waals surface area contributed by atoms with E-state index < -0.39 is 5.97 Å². The number of hydrogen-bond acceptors (Lipinski definition) is 5. The van der Waals surface area contributed by atoms with Crippen LogP contribution in [-0.2, 0) is 9.53 Å². The normalized spacial score (nSPS) is 16.8. The lowest BCUT2D eigenvalue weighted by molar-refractivity contribution is -0.117. The molecule has 0 radical (unpaired) electrons. The Morgan fingerprint density at radius 1 is 1.64 bits per heavy atom. The molecule has 0 saturated carbocycles. The molecule has 0 N–H and O–H groups in total. The van der Waals surface area contributed by atoms with Gasteiger partial charge in [-0.15, -0.1) is 0 Å². The van der Waals surface area contributed by atoms with Gasteiger partial charge in [-0.2, -0.15) is 5.26 Å². The third-order valence-electron chi connectivity index (χ3n) is 3.44. The van der Waals surface area contributed by atoms with Crippen LogP contribution in [0.25, 0.3) is 10.4 Å². The van der Waals surface area contributed by atoms with E-state index in [0.29, 0.717) is 12.2 Å². The molecule has 1 aromatic carbocycles. The summed E-state index contributed by atoms with van der Waals surface area (Å²) in [5.41, 5.74) is 9.26. The monoisotopic (exact) mass is 299 g/mol. The Balaban J connectivity index is 2.29. The maximum atomic E-state index is 12.1. The van der Waals surface area contributed by atoms with E-state index in [1.165, 1.54) is 24.1 Å². The van der Waals surface area contributed by atoms with E-state index in [1.807, 2.05) is 6.07 Å². The number of rotatable bonds is 4. The maximum absolute atomic E-state index is 12.1. The summed E-state index contributed by atoms with van der Waals surface area (Å²) in [7, 11) is 1.26. The van der Waals surface area contributed by atoms with Crippen molar-refractivity contribution in [3.63, 3.8) is 0 Å². The molecule has 1 unspecified atom stereocenters. The Hall–Kier alpha value is -3.04. The van der Waals surface area contributed by atoms with Gasteiger partial charge in [0.15, 0.2) is 0 Å². The minimum atomic E-state index is -0.544. The lowest BCUT2D eigenvalue weighted by Gasteiger charge is -2.18. The average molecular weight is 299 g/mol. The van der Waals surface area contributed by atoms with Crippen LogP contribution in [0.4, 0.5) is 5.69 Å². The van der Waals surface area contributed by atoms with Gasteiger partial charge in [-0.05, 0) is 29.6 Å². The van der Waals surface area contributed by atoms with E-state index >= 15 is 0 Å². The molecule has 1 aromatic rings. The molecule has 0 spiro atoms. The molecule has 1 aliphatic rings. The summed E-state index contributed by atoms with van der Waals surface area (Å²) in [5, 5.41) is 12.7. The molecule has 2 rings (SSSR count). The predicted octanol–water partition coefficient (Wildman–Crippen LogP) is 2.01. The van der Waals surface area contributed by atoms with Gasteiger partial charge in [0, 0.05) is 24.4 Å². The van der Waals surface area contributed by atoms with Gasteiger partial charge >= 0.3 is 5.97 Å². The van der Waals surface area contributed by atoms with Crippen LogP contribution < -0.4 is 4.90 Å². The first-order valence-corrected chi connectivity index (χ1v) is 6.54. The Bertz CT molecular complexity index is 703. The Morgan fingerprint density at radius 3 is 3.05 bits per heavy atom. The fourth-order valence-corrected chi connectivity index (χ4v) is 2.39. The van der Waals surface area contributed by atoms with Crippen molar-refractivity contribution < 1.29 is 14.3 Å². The van der Waals surface area contributed by atoms with Crippen molar-refractivity contribution in [3.8, 4) is 6.07 Å². The number of hydrogen-bond donors (Lipinski definition) is 0. The fourth-order valence-electron chi connectivity index (χ4n) is 2.39. The van der Waals surface area contributed by atoms with E-state index in [9.17, 15) is 14.9 Å². The molecule has 112 valence electrons. The quantitative estimate of drug-likeness (QED) is 0.365. The van der Waals surface area contributed by atoms with Gasteiger partial charge in [-0.3, -0.25) is 4.79 Å². The van der Waals surface area contributed by atoms with Gasteiger partial charge < -0.3 is 9.64 Å². The molecule has 1 aliphatic heterocycles. The zero-order valence-corrected chi connectivity index (χ0v) is 11.9. The second kappa shape index (κ2) is 6.61. The number of amides is 1. The highest BCUT2D eigenvalue weighted by Gasteiger charge is 2.31. The van der Waals surface area contributed by atoms with E-state index in [0.717, 1.165) is 0 Å². The molecule has 1 amide bonds. The third kappa shape index (κ3) is 3.00. The number of ether oxygens (including phenoxy) is 1. The molecular formula is C14H13N5O3. The highest BCUT2D eigenvalue weighted by molar-refractivity contribution is 5.98. The topological polar surface area (TPSA) is 119 Å². The SMILES string of the molecule is COC(=O)c1ccc(N2CC(CN=[N+]=[N-])CC2=O)c(C#N)c1.